The first-order chi connectivity index (χ1) is 11.0. The molecule has 1 aromatic carbocycles. The number of rotatable bonds is 4. The molecule has 0 bridgehead atoms. The van der Waals surface area contributed by atoms with E-state index < -0.39 is 0 Å². The smallest absolute Gasteiger partial charge is 0.308 e. The maximum atomic E-state index is 12.1. The van der Waals surface area contributed by atoms with Crippen LogP contribution in [0.25, 0.3) is 0 Å². The van der Waals surface area contributed by atoms with Gasteiger partial charge in [0.25, 0.3) is 5.91 Å². The molecular formula is C16H19ClN2O4. The molecule has 124 valence electrons. The van der Waals surface area contributed by atoms with Gasteiger partial charge in [0.2, 0.25) is 5.91 Å². The van der Waals surface area contributed by atoms with Gasteiger partial charge in [0, 0.05) is 23.7 Å². The fraction of sp³-hybridized carbons (Fsp3) is 0.438. The number of nitrogens with one attached hydrogen (secondary N) is 1. The lowest BCUT2D eigenvalue weighted by atomic mass is 9.97. The number of piperidine rings is 1. The first-order valence-corrected chi connectivity index (χ1v) is 7.78. The van der Waals surface area contributed by atoms with Gasteiger partial charge in [-0.3, -0.25) is 14.4 Å². The summed E-state index contributed by atoms with van der Waals surface area (Å²) in [5, 5.41) is 3.14. The number of halogens is 1. The molecule has 2 amide bonds. The van der Waals surface area contributed by atoms with E-state index in [0.29, 0.717) is 36.5 Å². The maximum Gasteiger partial charge on any atom is 0.308 e. The molecule has 6 nitrogen and oxygen atoms in total. The van der Waals surface area contributed by atoms with Crippen LogP contribution in [0.2, 0.25) is 5.02 Å². The molecule has 0 saturated carbocycles. The third-order valence-electron chi connectivity index (χ3n) is 3.89. The minimum absolute atomic E-state index is 0.0651. The van der Waals surface area contributed by atoms with Crippen LogP contribution in [-0.4, -0.2) is 49.4 Å². The highest BCUT2D eigenvalue weighted by molar-refractivity contribution is 6.30. The van der Waals surface area contributed by atoms with Crippen molar-refractivity contribution in [1.82, 2.24) is 10.2 Å². The van der Waals surface area contributed by atoms with Crippen molar-refractivity contribution in [3.05, 3.63) is 34.9 Å². The Morgan fingerprint density at radius 3 is 2.39 bits per heavy atom. The Morgan fingerprint density at radius 2 is 1.83 bits per heavy atom. The molecule has 2 rings (SSSR count). The van der Waals surface area contributed by atoms with E-state index in [9.17, 15) is 14.4 Å². The Hall–Kier alpha value is -2.08. The Balaban J connectivity index is 1.78. The molecule has 0 atom stereocenters. The zero-order valence-electron chi connectivity index (χ0n) is 12.9. The number of benzene rings is 1. The molecule has 0 aromatic heterocycles. The maximum absolute atomic E-state index is 12.1. The lowest BCUT2D eigenvalue weighted by Gasteiger charge is -2.30. The number of carbonyl (C=O) groups excluding carboxylic acids is 3. The third kappa shape index (κ3) is 4.69. The van der Waals surface area contributed by atoms with Crippen molar-refractivity contribution in [3.63, 3.8) is 0 Å². The zero-order chi connectivity index (χ0) is 16.8. The fourth-order valence-electron chi connectivity index (χ4n) is 2.50. The average Bonchev–Trinajstić information content (AvgIpc) is 2.59. The molecule has 0 radical (unpaired) electrons. The minimum atomic E-state index is -0.320. The van der Waals surface area contributed by atoms with Gasteiger partial charge in [0.15, 0.2) is 0 Å². The predicted molar refractivity (Wildman–Crippen MR) is 85.1 cm³/mol. The quantitative estimate of drug-likeness (QED) is 0.844. The molecule has 1 fully saturated rings. The summed E-state index contributed by atoms with van der Waals surface area (Å²) in [7, 11) is 1.37. The Labute approximate surface area is 139 Å². The first kappa shape index (κ1) is 17.3. The molecule has 1 aromatic rings. The normalized spacial score (nSPS) is 15.1. The lowest BCUT2D eigenvalue weighted by molar-refractivity contribution is -0.148. The van der Waals surface area contributed by atoms with E-state index in [2.05, 4.69) is 5.32 Å². The number of hydrogen-bond acceptors (Lipinski definition) is 4. The molecule has 1 heterocycles. The van der Waals surface area contributed by atoms with Gasteiger partial charge in [-0.2, -0.15) is 0 Å². The van der Waals surface area contributed by atoms with Crippen molar-refractivity contribution >= 4 is 29.4 Å². The van der Waals surface area contributed by atoms with Crippen LogP contribution in [0.3, 0.4) is 0 Å². The summed E-state index contributed by atoms with van der Waals surface area (Å²) in [4.78, 5) is 37.1. The molecule has 0 spiro atoms. The van der Waals surface area contributed by atoms with Crippen molar-refractivity contribution in [2.75, 3.05) is 26.7 Å². The van der Waals surface area contributed by atoms with Crippen LogP contribution in [0.4, 0.5) is 0 Å². The number of esters is 1. The average molecular weight is 339 g/mol. The second-order valence-electron chi connectivity index (χ2n) is 5.37. The van der Waals surface area contributed by atoms with E-state index in [1.165, 1.54) is 7.11 Å². The number of methoxy groups -OCH3 is 1. The van der Waals surface area contributed by atoms with Gasteiger partial charge in [-0.05, 0) is 37.1 Å². The minimum Gasteiger partial charge on any atom is -0.469 e. The van der Waals surface area contributed by atoms with E-state index >= 15 is 0 Å². The SMILES string of the molecule is COC(=O)C1CCN(C(=O)CNC(=O)c2ccc(Cl)cc2)CC1. The number of ether oxygens (including phenoxy) is 1. The van der Waals surface area contributed by atoms with Crippen LogP contribution >= 0.6 is 11.6 Å². The number of hydrogen-bond donors (Lipinski definition) is 1. The number of likely N-dealkylation sites (tertiary alicyclic amines) is 1. The molecule has 0 unspecified atom stereocenters. The van der Waals surface area contributed by atoms with Crippen LogP contribution < -0.4 is 5.32 Å². The lowest BCUT2D eigenvalue weighted by Crippen LogP contribution is -2.45. The summed E-state index contributed by atoms with van der Waals surface area (Å²) >= 11 is 5.76. The van der Waals surface area contributed by atoms with Gasteiger partial charge in [0.05, 0.1) is 19.6 Å². The number of carbonyl (C=O) groups is 3. The summed E-state index contributed by atoms with van der Waals surface area (Å²) < 4.78 is 4.71. The van der Waals surface area contributed by atoms with Gasteiger partial charge in [-0.25, -0.2) is 0 Å². The molecule has 1 N–H and O–H groups in total. The van der Waals surface area contributed by atoms with E-state index in [1.54, 1.807) is 29.2 Å². The van der Waals surface area contributed by atoms with Crippen molar-refractivity contribution in [3.8, 4) is 0 Å². The summed E-state index contributed by atoms with van der Waals surface area (Å²) in [6.45, 7) is 0.926. The van der Waals surface area contributed by atoms with Crippen LogP contribution in [0, 0.1) is 5.92 Å². The van der Waals surface area contributed by atoms with Crippen molar-refractivity contribution in [1.29, 1.82) is 0 Å². The summed E-state index contributed by atoms with van der Waals surface area (Å²) in [5.74, 6) is -0.851. The molecule has 1 aliphatic rings. The molecule has 7 heteroatoms. The van der Waals surface area contributed by atoms with E-state index in [0.717, 1.165) is 0 Å². The van der Waals surface area contributed by atoms with Crippen molar-refractivity contribution in [2.24, 2.45) is 5.92 Å². The van der Waals surface area contributed by atoms with Crippen LogP contribution in [0.15, 0.2) is 24.3 Å². The molecular weight excluding hydrogens is 320 g/mol. The predicted octanol–water partition coefficient (Wildman–Crippen LogP) is 1.48. The molecule has 0 aliphatic carbocycles. The Bertz CT molecular complexity index is 580. The molecule has 1 saturated heterocycles. The fourth-order valence-corrected chi connectivity index (χ4v) is 2.63. The largest absolute Gasteiger partial charge is 0.469 e. The van der Waals surface area contributed by atoms with Gasteiger partial charge >= 0.3 is 5.97 Å². The van der Waals surface area contributed by atoms with Gasteiger partial charge < -0.3 is 15.0 Å². The van der Waals surface area contributed by atoms with Gasteiger partial charge in [0.1, 0.15) is 0 Å². The van der Waals surface area contributed by atoms with Crippen LogP contribution in [0.5, 0.6) is 0 Å². The Kier molecular flexibility index (Phi) is 5.98. The first-order valence-electron chi connectivity index (χ1n) is 7.40. The number of amides is 2. The highest BCUT2D eigenvalue weighted by Gasteiger charge is 2.27. The van der Waals surface area contributed by atoms with E-state index in [-0.39, 0.29) is 30.2 Å². The second kappa shape index (κ2) is 7.97. The number of nitrogens with zero attached hydrogens (tertiary/aromatic N) is 1. The van der Waals surface area contributed by atoms with Crippen molar-refractivity contribution in [2.45, 2.75) is 12.8 Å². The van der Waals surface area contributed by atoms with E-state index in [1.807, 2.05) is 0 Å². The Morgan fingerprint density at radius 1 is 1.22 bits per heavy atom. The van der Waals surface area contributed by atoms with Crippen LogP contribution in [-0.2, 0) is 14.3 Å². The molecule has 1 aliphatic heterocycles. The molecule has 23 heavy (non-hydrogen) atoms. The summed E-state index contributed by atoms with van der Waals surface area (Å²) in [6, 6.07) is 6.44. The third-order valence-corrected chi connectivity index (χ3v) is 4.14. The van der Waals surface area contributed by atoms with Gasteiger partial charge in [-0.15, -0.1) is 0 Å². The standard InChI is InChI=1S/C16H19ClN2O4/c1-23-16(22)12-6-8-19(9-7-12)14(20)10-18-15(21)11-2-4-13(17)5-3-11/h2-5,12H,6-10H2,1H3,(H,18,21). The van der Waals surface area contributed by atoms with Crippen LogP contribution in [0.1, 0.15) is 23.2 Å². The zero-order valence-corrected chi connectivity index (χ0v) is 13.6. The highest BCUT2D eigenvalue weighted by Crippen LogP contribution is 2.18. The summed E-state index contributed by atoms with van der Waals surface area (Å²) in [6.07, 6.45) is 1.17. The topological polar surface area (TPSA) is 75.7 Å². The second-order valence-corrected chi connectivity index (χ2v) is 5.80. The monoisotopic (exact) mass is 338 g/mol. The van der Waals surface area contributed by atoms with Crippen molar-refractivity contribution < 1.29 is 19.1 Å². The summed E-state index contributed by atoms with van der Waals surface area (Å²) in [5.41, 5.74) is 0.451. The van der Waals surface area contributed by atoms with Gasteiger partial charge in [-0.1, -0.05) is 11.6 Å². The highest BCUT2D eigenvalue weighted by atomic mass is 35.5. The van der Waals surface area contributed by atoms with E-state index in [4.69, 9.17) is 16.3 Å².